The van der Waals surface area contributed by atoms with Crippen molar-refractivity contribution in [2.45, 2.75) is 26.3 Å². The molecule has 1 N–H and O–H groups in total. The summed E-state index contributed by atoms with van der Waals surface area (Å²) in [4.78, 5) is 0. The Labute approximate surface area is 63.4 Å². The van der Waals surface area contributed by atoms with E-state index in [0.717, 1.165) is 0 Å². The van der Waals surface area contributed by atoms with E-state index in [1.165, 1.54) is 0 Å². The maximum atomic E-state index is 3.10. The SMILES string of the molecule is CC(C)(C)[NH][Ti].Cl. The van der Waals surface area contributed by atoms with E-state index in [4.69, 9.17) is 0 Å². The van der Waals surface area contributed by atoms with Crippen LogP contribution in [0.1, 0.15) is 20.8 Å². The Kier molecular flexibility index (Phi) is 6.06. The average molecular weight is 156 g/mol. The molecule has 7 heavy (non-hydrogen) atoms. The molecule has 0 atom stereocenters. The second-order valence-electron chi connectivity index (χ2n) is 2.38. The monoisotopic (exact) mass is 156 g/mol. The molecule has 43 valence electrons. The van der Waals surface area contributed by atoms with Crippen LogP contribution in [0.15, 0.2) is 0 Å². The first-order valence-electron chi connectivity index (χ1n) is 2.00. The van der Waals surface area contributed by atoms with Gasteiger partial charge in [-0.2, -0.15) is 0 Å². The van der Waals surface area contributed by atoms with Crippen LogP contribution in [0.25, 0.3) is 0 Å². The molecular weight excluding hydrogens is 145 g/mol. The topological polar surface area (TPSA) is 12.0 Å². The van der Waals surface area contributed by atoms with E-state index in [-0.39, 0.29) is 12.4 Å². The van der Waals surface area contributed by atoms with Gasteiger partial charge < -0.3 is 0 Å². The second kappa shape index (κ2) is 3.91. The molecule has 0 radical (unpaired) electrons. The Bertz CT molecular complexity index is 41.4. The van der Waals surface area contributed by atoms with Crippen molar-refractivity contribution in [1.29, 1.82) is 0 Å². The Morgan fingerprint density at radius 1 is 1.29 bits per heavy atom. The number of hydrogen-bond donors (Lipinski definition) is 1. The summed E-state index contributed by atoms with van der Waals surface area (Å²) in [6, 6.07) is 0. The Balaban J connectivity index is 0. The third kappa shape index (κ3) is 10.9. The predicted molar refractivity (Wildman–Crippen MR) is 30.1 cm³/mol. The standard InChI is InChI=1S/C4H10N.ClH.Ti/c1-4(2,3)5;;/h5H,1-3H3;1H;/q-1;;+1. The summed E-state index contributed by atoms with van der Waals surface area (Å²) in [7, 11) is 0. The fraction of sp³-hybridized carbons (Fsp3) is 1.00. The fourth-order valence-corrected chi connectivity index (χ4v) is 0. The van der Waals surface area contributed by atoms with E-state index in [2.05, 4.69) is 24.6 Å². The minimum absolute atomic E-state index is 0. The molecule has 0 saturated carbocycles. The Morgan fingerprint density at radius 2 is 1.43 bits per heavy atom. The molecule has 0 amide bonds. The average Bonchev–Trinajstić information content (AvgIpc) is 1.35. The quantitative estimate of drug-likeness (QED) is 0.521. The molecule has 3 heteroatoms. The second-order valence-corrected chi connectivity index (χ2v) is 2.77. The van der Waals surface area contributed by atoms with Crippen LogP contribution in [-0.2, 0) is 20.7 Å². The van der Waals surface area contributed by atoms with Crippen molar-refractivity contribution < 1.29 is 20.7 Å². The molecule has 0 unspecified atom stereocenters. The first kappa shape index (κ1) is 10.9. The molecule has 0 aliphatic carbocycles. The van der Waals surface area contributed by atoms with E-state index in [1.807, 2.05) is 20.7 Å². The minimum Gasteiger partial charge on any atom is -0.147 e. The largest absolute Gasteiger partial charge is 0.147 e. The van der Waals surface area contributed by atoms with E-state index in [0.29, 0.717) is 5.54 Å². The van der Waals surface area contributed by atoms with Crippen molar-refractivity contribution in [3.63, 3.8) is 0 Å². The van der Waals surface area contributed by atoms with E-state index in [9.17, 15) is 0 Å². The summed E-state index contributed by atoms with van der Waals surface area (Å²) in [5.74, 6) is 0. The Hall–Kier alpha value is 0.964. The van der Waals surface area contributed by atoms with Gasteiger partial charge in [-0.15, -0.1) is 12.4 Å². The van der Waals surface area contributed by atoms with Crippen LogP contribution in [0.3, 0.4) is 0 Å². The van der Waals surface area contributed by atoms with Gasteiger partial charge in [0.25, 0.3) is 0 Å². The zero-order chi connectivity index (χ0) is 5.21. The smallest absolute Gasteiger partial charge is 0.147 e. The zero-order valence-electron chi connectivity index (χ0n) is 4.91. The van der Waals surface area contributed by atoms with Gasteiger partial charge in [0, 0.05) is 0 Å². The molecule has 0 bridgehead atoms. The maximum Gasteiger partial charge on any atom is -0.147 e. The van der Waals surface area contributed by atoms with Crippen molar-refractivity contribution in [3.05, 3.63) is 0 Å². The summed E-state index contributed by atoms with van der Waals surface area (Å²) < 4.78 is 3.10. The number of rotatable bonds is 0. The molecule has 1 nitrogen and oxygen atoms in total. The van der Waals surface area contributed by atoms with E-state index >= 15 is 0 Å². The molecule has 0 aromatic rings. The third-order valence-electron chi connectivity index (χ3n) is 0.375. The van der Waals surface area contributed by atoms with Crippen LogP contribution in [0.4, 0.5) is 0 Å². The molecule has 0 heterocycles. The number of nitrogens with one attached hydrogen (secondary N) is 1. The van der Waals surface area contributed by atoms with E-state index in [1.54, 1.807) is 0 Å². The Morgan fingerprint density at radius 3 is 1.43 bits per heavy atom. The molecule has 0 aliphatic heterocycles. The zero-order valence-corrected chi connectivity index (χ0v) is 7.29. The van der Waals surface area contributed by atoms with Crippen molar-refractivity contribution in [2.24, 2.45) is 0 Å². The molecule has 0 fully saturated rings. The maximum absolute atomic E-state index is 3.10. The fourth-order valence-electron chi connectivity index (χ4n) is 0. The van der Waals surface area contributed by atoms with Crippen LogP contribution in [0.5, 0.6) is 0 Å². The van der Waals surface area contributed by atoms with Gasteiger partial charge in [-0.1, -0.05) is 0 Å². The van der Waals surface area contributed by atoms with Crippen LogP contribution in [0, 0.1) is 0 Å². The van der Waals surface area contributed by atoms with Gasteiger partial charge in [0.15, 0.2) is 0 Å². The van der Waals surface area contributed by atoms with Crippen molar-refractivity contribution in [2.75, 3.05) is 0 Å². The van der Waals surface area contributed by atoms with Gasteiger partial charge >= 0.3 is 50.8 Å². The minimum atomic E-state index is 0. The van der Waals surface area contributed by atoms with Crippen molar-refractivity contribution >= 4 is 12.4 Å². The number of halogens is 1. The van der Waals surface area contributed by atoms with Crippen LogP contribution < -0.4 is 3.80 Å². The van der Waals surface area contributed by atoms with Gasteiger partial charge in [0.05, 0.1) is 0 Å². The van der Waals surface area contributed by atoms with Crippen LogP contribution in [0.2, 0.25) is 0 Å². The first-order chi connectivity index (χ1) is 2.56. The summed E-state index contributed by atoms with van der Waals surface area (Å²) in [6.07, 6.45) is 0. The summed E-state index contributed by atoms with van der Waals surface area (Å²) >= 11 is 1.96. The molecule has 0 aliphatic rings. The van der Waals surface area contributed by atoms with Crippen LogP contribution in [-0.4, -0.2) is 5.54 Å². The molecule has 0 spiro atoms. The molecule has 0 aromatic carbocycles. The predicted octanol–water partition coefficient (Wildman–Crippen LogP) is 1.26. The van der Waals surface area contributed by atoms with Crippen LogP contribution >= 0.6 is 12.4 Å². The third-order valence-corrected chi connectivity index (χ3v) is 1.55. The summed E-state index contributed by atoms with van der Waals surface area (Å²) in [5, 5.41) is 0. The van der Waals surface area contributed by atoms with Gasteiger partial charge in [-0.3, -0.25) is 0 Å². The van der Waals surface area contributed by atoms with E-state index < -0.39 is 0 Å². The summed E-state index contributed by atoms with van der Waals surface area (Å²) in [6.45, 7) is 6.40. The first-order valence-corrected chi connectivity index (χ1v) is 2.78. The van der Waals surface area contributed by atoms with Gasteiger partial charge in [0.1, 0.15) is 0 Å². The van der Waals surface area contributed by atoms with Crippen molar-refractivity contribution in [3.8, 4) is 0 Å². The summed E-state index contributed by atoms with van der Waals surface area (Å²) in [5.41, 5.74) is 0.292. The van der Waals surface area contributed by atoms with Gasteiger partial charge in [-0.25, -0.2) is 0 Å². The molecule has 0 rings (SSSR count). The van der Waals surface area contributed by atoms with Gasteiger partial charge in [0.2, 0.25) is 0 Å². The number of hydrogen-bond acceptors (Lipinski definition) is 1. The van der Waals surface area contributed by atoms with Gasteiger partial charge in [-0.05, 0) is 0 Å². The normalized spacial score (nSPS) is 10.0. The van der Waals surface area contributed by atoms with Crippen molar-refractivity contribution in [1.82, 2.24) is 3.80 Å². The molecule has 0 saturated heterocycles. The molecule has 0 aromatic heterocycles. The molecular formula is C4H11ClNTi.